The number of hydrogen-bond donors (Lipinski definition) is 0. The highest BCUT2D eigenvalue weighted by Gasteiger charge is 2.40. The van der Waals surface area contributed by atoms with Gasteiger partial charge in [-0.05, 0) is 31.9 Å². The van der Waals surface area contributed by atoms with Crippen molar-refractivity contribution in [1.29, 1.82) is 0 Å². The van der Waals surface area contributed by atoms with Crippen LogP contribution in [0.2, 0.25) is 0 Å². The van der Waals surface area contributed by atoms with Crippen molar-refractivity contribution >= 4 is 17.6 Å². The number of anilines is 1. The Morgan fingerprint density at radius 3 is 2.90 bits per heavy atom. The largest absolute Gasteiger partial charge is 0.383 e. The molecule has 0 radical (unpaired) electrons. The molecule has 1 fully saturated rings. The molecule has 8 heteroatoms. The lowest BCUT2D eigenvalue weighted by Crippen LogP contribution is -2.48. The Morgan fingerprint density at radius 1 is 1.33 bits per heavy atom. The van der Waals surface area contributed by atoms with Crippen molar-refractivity contribution in [3.63, 3.8) is 0 Å². The molecule has 8 nitrogen and oxygen atoms in total. The van der Waals surface area contributed by atoms with Crippen molar-refractivity contribution in [2.75, 3.05) is 38.3 Å². The van der Waals surface area contributed by atoms with Gasteiger partial charge in [-0.3, -0.25) is 19.5 Å². The molecule has 0 N–H and O–H groups in total. The minimum atomic E-state index is -0.380. The number of carbonyl (C=O) groups excluding carboxylic acids is 2. The van der Waals surface area contributed by atoms with Crippen LogP contribution in [0.4, 0.5) is 5.82 Å². The first-order valence-electron chi connectivity index (χ1n) is 10.3. The van der Waals surface area contributed by atoms with Crippen molar-refractivity contribution in [3.8, 4) is 0 Å². The Hall–Kier alpha value is -2.87. The lowest BCUT2D eigenvalue weighted by atomic mass is 9.80. The first-order chi connectivity index (χ1) is 14.4. The van der Waals surface area contributed by atoms with Gasteiger partial charge in [0.05, 0.1) is 25.1 Å². The zero-order valence-corrected chi connectivity index (χ0v) is 17.7. The number of fused-ring (bicyclic) bond motifs is 1. The summed E-state index contributed by atoms with van der Waals surface area (Å²) in [7, 11) is 1.62. The van der Waals surface area contributed by atoms with Gasteiger partial charge in [-0.15, -0.1) is 0 Å². The number of pyridine rings is 1. The molecule has 1 saturated heterocycles. The van der Waals surface area contributed by atoms with Gasteiger partial charge in [-0.2, -0.15) is 0 Å². The zero-order chi connectivity index (χ0) is 21.3. The lowest BCUT2D eigenvalue weighted by Gasteiger charge is -2.39. The summed E-state index contributed by atoms with van der Waals surface area (Å²) in [6.07, 6.45) is 5.34. The maximum atomic E-state index is 13.0. The summed E-state index contributed by atoms with van der Waals surface area (Å²) >= 11 is 0. The molecule has 0 aromatic carbocycles. The summed E-state index contributed by atoms with van der Waals surface area (Å²) in [5, 5.41) is 0. The van der Waals surface area contributed by atoms with E-state index in [1.165, 1.54) is 0 Å². The van der Waals surface area contributed by atoms with Gasteiger partial charge in [0.1, 0.15) is 11.6 Å². The fourth-order valence-electron chi connectivity index (χ4n) is 4.33. The molecule has 2 aromatic heterocycles. The van der Waals surface area contributed by atoms with Gasteiger partial charge in [0.25, 0.3) is 5.91 Å². The summed E-state index contributed by atoms with van der Waals surface area (Å²) in [5.74, 6) is 1.39. The highest BCUT2D eigenvalue weighted by Crippen LogP contribution is 2.36. The minimum Gasteiger partial charge on any atom is -0.383 e. The van der Waals surface area contributed by atoms with Crippen LogP contribution in [0.3, 0.4) is 0 Å². The Labute approximate surface area is 176 Å². The third kappa shape index (κ3) is 3.67. The molecule has 30 heavy (non-hydrogen) atoms. The van der Waals surface area contributed by atoms with Gasteiger partial charge in [0.2, 0.25) is 5.91 Å². The van der Waals surface area contributed by atoms with Crippen LogP contribution in [0.1, 0.15) is 47.2 Å². The Bertz CT molecular complexity index is 965. The maximum absolute atomic E-state index is 13.0. The number of aromatic nitrogens is 3. The van der Waals surface area contributed by atoms with E-state index in [0.717, 1.165) is 24.1 Å². The van der Waals surface area contributed by atoms with Crippen LogP contribution in [-0.2, 0) is 21.4 Å². The van der Waals surface area contributed by atoms with E-state index in [4.69, 9.17) is 14.7 Å². The van der Waals surface area contributed by atoms with E-state index in [2.05, 4.69) is 11.9 Å². The zero-order valence-electron chi connectivity index (χ0n) is 17.7. The standard InChI is InChI=1S/C22H27N5O3/c1-15-17-12-18(28)27(10-11-30-3)19(17)25-21(24-15)22(2)7-5-9-26(14-22)20(29)16-6-4-8-23-13-16/h4,6,8,13H,5,7,9-12,14H2,1-3H3. The molecule has 1 unspecified atom stereocenters. The van der Waals surface area contributed by atoms with Crippen LogP contribution in [0.25, 0.3) is 0 Å². The number of nitrogens with zero attached hydrogens (tertiary/aromatic N) is 5. The van der Waals surface area contributed by atoms with Crippen molar-refractivity contribution < 1.29 is 14.3 Å². The molecule has 0 aliphatic carbocycles. The molecule has 4 rings (SSSR count). The third-order valence-electron chi connectivity index (χ3n) is 6.03. The molecule has 0 saturated carbocycles. The summed E-state index contributed by atoms with van der Waals surface area (Å²) in [5.41, 5.74) is 1.93. The summed E-state index contributed by atoms with van der Waals surface area (Å²) in [6, 6.07) is 3.56. The first kappa shape index (κ1) is 20.4. The van der Waals surface area contributed by atoms with Gasteiger partial charge < -0.3 is 9.64 Å². The van der Waals surface area contributed by atoms with Gasteiger partial charge in [0.15, 0.2) is 0 Å². The first-order valence-corrected chi connectivity index (χ1v) is 10.3. The summed E-state index contributed by atoms with van der Waals surface area (Å²) in [4.78, 5) is 42.7. The second kappa shape index (κ2) is 8.10. The number of hydrogen-bond acceptors (Lipinski definition) is 6. The van der Waals surface area contributed by atoms with E-state index in [0.29, 0.717) is 49.9 Å². The number of ether oxygens (including phenoxy) is 1. The van der Waals surface area contributed by atoms with E-state index in [1.54, 1.807) is 36.5 Å². The van der Waals surface area contributed by atoms with Crippen LogP contribution in [-0.4, -0.2) is 65.0 Å². The molecular weight excluding hydrogens is 382 g/mol. The number of methoxy groups -OCH3 is 1. The van der Waals surface area contributed by atoms with E-state index in [9.17, 15) is 9.59 Å². The molecule has 2 aliphatic heterocycles. The smallest absolute Gasteiger partial charge is 0.255 e. The molecule has 0 bridgehead atoms. The SMILES string of the molecule is COCCN1C(=O)Cc2c(C)nc(C3(C)CCCN(C(=O)c4cccnc4)C3)nc21. The molecule has 2 amide bonds. The topological polar surface area (TPSA) is 88.5 Å². The third-order valence-corrected chi connectivity index (χ3v) is 6.03. The highest BCUT2D eigenvalue weighted by atomic mass is 16.5. The van der Waals surface area contributed by atoms with E-state index < -0.39 is 0 Å². The second-order valence-electron chi connectivity index (χ2n) is 8.28. The van der Waals surface area contributed by atoms with Gasteiger partial charge in [0, 0.05) is 49.3 Å². The highest BCUT2D eigenvalue weighted by molar-refractivity contribution is 6.00. The fraction of sp³-hybridized carbons (Fsp3) is 0.500. The average Bonchev–Trinajstić information content (AvgIpc) is 3.08. The minimum absolute atomic E-state index is 0.0243. The molecule has 4 heterocycles. The Kier molecular flexibility index (Phi) is 5.51. The van der Waals surface area contributed by atoms with Gasteiger partial charge in [-0.1, -0.05) is 6.92 Å². The summed E-state index contributed by atoms with van der Waals surface area (Å²) < 4.78 is 5.16. The number of rotatable bonds is 5. The predicted molar refractivity (Wildman–Crippen MR) is 111 cm³/mol. The van der Waals surface area contributed by atoms with Gasteiger partial charge in [-0.25, -0.2) is 9.97 Å². The van der Waals surface area contributed by atoms with E-state index in [-0.39, 0.29) is 17.2 Å². The number of aryl methyl sites for hydroxylation is 1. The number of amides is 2. The van der Waals surface area contributed by atoms with E-state index >= 15 is 0 Å². The monoisotopic (exact) mass is 409 g/mol. The quantitative estimate of drug-likeness (QED) is 0.750. The normalized spacial score (nSPS) is 21.1. The number of piperidine rings is 1. The molecule has 2 aromatic rings. The number of carbonyl (C=O) groups is 2. The van der Waals surface area contributed by atoms with Crippen molar-refractivity contribution in [2.45, 2.75) is 38.5 Å². The number of likely N-dealkylation sites (tertiary alicyclic amines) is 1. The van der Waals surface area contributed by atoms with E-state index in [1.807, 2.05) is 11.8 Å². The van der Waals surface area contributed by atoms with Crippen molar-refractivity contribution in [2.24, 2.45) is 0 Å². The molecule has 2 aliphatic rings. The molecule has 158 valence electrons. The second-order valence-corrected chi connectivity index (χ2v) is 8.28. The maximum Gasteiger partial charge on any atom is 0.255 e. The molecule has 0 spiro atoms. The predicted octanol–water partition coefficient (Wildman–Crippen LogP) is 1.91. The summed E-state index contributed by atoms with van der Waals surface area (Å²) in [6.45, 7) is 6.19. The Balaban J connectivity index is 1.63. The Morgan fingerprint density at radius 2 is 2.17 bits per heavy atom. The van der Waals surface area contributed by atoms with Crippen LogP contribution in [0.15, 0.2) is 24.5 Å². The molecular formula is C22H27N5O3. The van der Waals surface area contributed by atoms with Crippen LogP contribution >= 0.6 is 0 Å². The van der Waals surface area contributed by atoms with Crippen molar-refractivity contribution in [1.82, 2.24) is 19.9 Å². The van der Waals surface area contributed by atoms with Crippen molar-refractivity contribution in [3.05, 3.63) is 47.2 Å². The fourth-order valence-corrected chi connectivity index (χ4v) is 4.33. The van der Waals surface area contributed by atoms with Crippen LogP contribution in [0.5, 0.6) is 0 Å². The van der Waals surface area contributed by atoms with Crippen LogP contribution in [0, 0.1) is 6.92 Å². The molecule has 1 atom stereocenters. The average molecular weight is 409 g/mol. The lowest BCUT2D eigenvalue weighted by molar-refractivity contribution is -0.117. The van der Waals surface area contributed by atoms with Crippen LogP contribution < -0.4 is 4.90 Å². The van der Waals surface area contributed by atoms with Gasteiger partial charge >= 0.3 is 0 Å².